The van der Waals surface area contributed by atoms with Crippen molar-refractivity contribution in [2.75, 3.05) is 7.11 Å². The second-order valence-electron chi connectivity index (χ2n) is 10.5. The summed E-state index contributed by atoms with van der Waals surface area (Å²) in [6, 6.07) is 15.3. The Bertz CT molecular complexity index is 1930. The van der Waals surface area contributed by atoms with Crippen molar-refractivity contribution in [1.29, 1.82) is 0 Å². The molecule has 43 heavy (non-hydrogen) atoms. The van der Waals surface area contributed by atoms with E-state index in [1.807, 2.05) is 39.8 Å². The van der Waals surface area contributed by atoms with E-state index >= 15 is 0 Å². The fourth-order valence-corrected chi connectivity index (χ4v) is 6.62. The molecule has 226 valence electrons. The molecule has 0 aliphatic heterocycles. The Labute approximate surface area is 251 Å². The van der Waals surface area contributed by atoms with Crippen molar-refractivity contribution >= 4 is 26.0 Å². The molecule has 4 aromatic rings. The van der Waals surface area contributed by atoms with Crippen molar-refractivity contribution in [3.05, 3.63) is 111 Å². The molecule has 0 saturated carbocycles. The summed E-state index contributed by atoms with van der Waals surface area (Å²) in [6.45, 7) is 9.09. The van der Waals surface area contributed by atoms with E-state index in [2.05, 4.69) is 12.1 Å². The average molecular weight is 625 g/mol. The Kier molecular flexibility index (Phi) is 8.85. The standard InChI is InChI=1S/C32H32O9S2/c1-18-7-8-25(16-28(18)42(34,35)36)30(33)26-9-10-27(29(17-26)43(37,38)39)41-32-21(4)13-24(14-22(32)5)15-23-11-19(2)31(40-6)20(3)12-23/h7-14,16-17H,15H2,1-6H3,(H,34,35,36)(H,37,38,39). The van der Waals surface area contributed by atoms with Gasteiger partial charge in [0.2, 0.25) is 0 Å². The highest BCUT2D eigenvalue weighted by Crippen LogP contribution is 2.35. The third-order valence-electron chi connectivity index (χ3n) is 7.08. The highest BCUT2D eigenvalue weighted by Gasteiger charge is 2.23. The second kappa shape index (κ2) is 11.9. The van der Waals surface area contributed by atoms with Crippen LogP contribution in [0, 0.1) is 34.6 Å². The third kappa shape index (κ3) is 6.97. The second-order valence-corrected chi connectivity index (χ2v) is 13.3. The van der Waals surface area contributed by atoms with Gasteiger partial charge in [0.15, 0.2) is 5.78 Å². The summed E-state index contributed by atoms with van der Waals surface area (Å²) in [5.41, 5.74) is 5.65. The molecule has 0 aromatic heterocycles. The fraction of sp³-hybridized carbons (Fsp3) is 0.219. The van der Waals surface area contributed by atoms with Gasteiger partial charge in [-0.25, -0.2) is 0 Å². The van der Waals surface area contributed by atoms with Crippen molar-refractivity contribution in [2.45, 2.75) is 50.8 Å². The summed E-state index contributed by atoms with van der Waals surface area (Å²) in [4.78, 5) is 12.1. The summed E-state index contributed by atoms with van der Waals surface area (Å²) >= 11 is 0. The molecule has 4 aromatic carbocycles. The van der Waals surface area contributed by atoms with Gasteiger partial charge in [-0.2, -0.15) is 16.8 Å². The molecule has 2 N–H and O–H groups in total. The number of hydrogen-bond acceptors (Lipinski definition) is 7. The SMILES string of the molecule is COc1c(C)cc(Cc2cc(C)c(Oc3ccc(C(=O)c4ccc(C)c(S(=O)(=O)O)c4)cc3S(=O)(=O)O)c(C)c2)cc1C. The first-order chi connectivity index (χ1) is 20.0. The number of aryl methyl sites for hydroxylation is 5. The van der Waals surface area contributed by atoms with E-state index in [1.165, 1.54) is 31.2 Å². The van der Waals surface area contributed by atoms with Crippen LogP contribution in [0.2, 0.25) is 0 Å². The van der Waals surface area contributed by atoms with Crippen LogP contribution in [0.15, 0.2) is 70.5 Å². The molecule has 0 heterocycles. The van der Waals surface area contributed by atoms with E-state index in [0.29, 0.717) is 12.2 Å². The van der Waals surface area contributed by atoms with E-state index in [0.717, 1.165) is 51.3 Å². The molecular weight excluding hydrogens is 592 g/mol. The topological polar surface area (TPSA) is 144 Å². The number of rotatable bonds is 9. The zero-order valence-corrected chi connectivity index (χ0v) is 26.2. The maximum Gasteiger partial charge on any atom is 0.298 e. The summed E-state index contributed by atoms with van der Waals surface area (Å²) in [5, 5.41) is 0. The largest absolute Gasteiger partial charge is 0.496 e. The van der Waals surface area contributed by atoms with E-state index in [-0.39, 0.29) is 22.4 Å². The van der Waals surface area contributed by atoms with Crippen LogP contribution in [0.3, 0.4) is 0 Å². The predicted molar refractivity (Wildman–Crippen MR) is 162 cm³/mol. The van der Waals surface area contributed by atoms with Gasteiger partial charge in [-0.15, -0.1) is 0 Å². The molecule has 0 aliphatic rings. The lowest BCUT2D eigenvalue weighted by Crippen LogP contribution is -2.09. The Morgan fingerprint density at radius 1 is 0.628 bits per heavy atom. The first kappa shape index (κ1) is 31.9. The number of methoxy groups -OCH3 is 1. The molecule has 0 atom stereocenters. The molecule has 0 fully saturated rings. The minimum absolute atomic E-state index is 0.0993. The number of hydrogen-bond donors (Lipinski definition) is 2. The average Bonchev–Trinajstić information content (AvgIpc) is 2.89. The van der Waals surface area contributed by atoms with E-state index in [9.17, 15) is 30.7 Å². The van der Waals surface area contributed by atoms with Gasteiger partial charge in [-0.05, 0) is 104 Å². The van der Waals surface area contributed by atoms with Gasteiger partial charge >= 0.3 is 0 Å². The van der Waals surface area contributed by atoms with E-state index in [4.69, 9.17) is 9.47 Å². The van der Waals surface area contributed by atoms with Crippen LogP contribution in [0.1, 0.15) is 54.9 Å². The van der Waals surface area contributed by atoms with Crippen molar-refractivity contribution < 1.29 is 40.2 Å². The van der Waals surface area contributed by atoms with Crippen LogP contribution in [-0.4, -0.2) is 38.8 Å². The first-order valence-corrected chi connectivity index (χ1v) is 16.0. The summed E-state index contributed by atoms with van der Waals surface area (Å²) in [6.07, 6.45) is 0.652. The molecule has 9 nitrogen and oxygen atoms in total. The molecule has 0 amide bonds. The number of carbonyl (C=O) groups excluding carboxylic acids is 1. The van der Waals surface area contributed by atoms with Gasteiger partial charge < -0.3 is 9.47 Å². The summed E-state index contributed by atoms with van der Waals surface area (Å²) in [5.74, 6) is 0.332. The van der Waals surface area contributed by atoms with Crippen LogP contribution >= 0.6 is 0 Å². The van der Waals surface area contributed by atoms with Gasteiger partial charge in [0.25, 0.3) is 20.2 Å². The molecule has 4 rings (SSSR count). The number of carbonyl (C=O) groups is 1. The third-order valence-corrected chi connectivity index (χ3v) is 8.95. The maximum atomic E-state index is 13.2. The van der Waals surface area contributed by atoms with Crippen LogP contribution < -0.4 is 9.47 Å². The minimum atomic E-state index is -4.84. The van der Waals surface area contributed by atoms with Gasteiger partial charge in [-0.3, -0.25) is 13.9 Å². The Balaban J connectivity index is 1.68. The van der Waals surface area contributed by atoms with Gasteiger partial charge in [0.05, 0.1) is 12.0 Å². The Morgan fingerprint density at radius 3 is 1.53 bits per heavy atom. The first-order valence-electron chi connectivity index (χ1n) is 13.2. The van der Waals surface area contributed by atoms with Crippen molar-refractivity contribution in [3.8, 4) is 17.2 Å². The monoisotopic (exact) mass is 624 g/mol. The highest BCUT2D eigenvalue weighted by molar-refractivity contribution is 7.86. The normalized spacial score (nSPS) is 11.8. The molecule has 0 spiro atoms. The lowest BCUT2D eigenvalue weighted by Gasteiger charge is -2.17. The van der Waals surface area contributed by atoms with E-state index in [1.54, 1.807) is 7.11 Å². The van der Waals surface area contributed by atoms with Crippen molar-refractivity contribution in [3.63, 3.8) is 0 Å². The van der Waals surface area contributed by atoms with Gasteiger partial charge in [0, 0.05) is 11.1 Å². The zero-order chi connectivity index (χ0) is 31.9. The van der Waals surface area contributed by atoms with Gasteiger partial charge in [0.1, 0.15) is 22.1 Å². The predicted octanol–water partition coefficient (Wildman–Crippen LogP) is 6.34. The van der Waals surface area contributed by atoms with Crippen LogP contribution in [-0.2, 0) is 26.7 Å². The molecule has 11 heteroatoms. The molecule has 0 bridgehead atoms. The van der Waals surface area contributed by atoms with Crippen LogP contribution in [0.4, 0.5) is 0 Å². The molecule has 0 saturated heterocycles. The van der Waals surface area contributed by atoms with Crippen LogP contribution in [0.5, 0.6) is 17.2 Å². The van der Waals surface area contributed by atoms with Crippen molar-refractivity contribution in [2.24, 2.45) is 0 Å². The molecule has 0 radical (unpaired) electrons. The highest BCUT2D eigenvalue weighted by atomic mass is 32.2. The fourth-order valence-electron chi connectivity index (χ4n) is 5.23. The minimum Gasteiger partial charge on any atom is -0.496 e. The summed E-state index contributed by atoms with van der Waals surface area (Å²) < 4.78 is 79.1. The zero-order valence-electron chi connectivity index (χ0n) is 24.5. The number of ether oxygens (including phenoxy) is 2. The van der Waals surface area contributed by atoms with Crippen molar-refractivity contribution in [1.82, 2.24) is 0 Å². The molecule has 0 unspecified atom stereocenters. The molecular formula is C32H32O9S2. The number of ketones is 1. The van der Waals surface area contributed by atoms with E-state index < -0.39 is 35.8 Å². The Hall–Kier alpha value is -4.03. The smallest absolute Gasteiger partial charge is 0.298 e. The lowest BCUT2D eigenvalue weighted by atomic mass is 9.97. The maximum absolute atomic E-state index is 13.2. The molecule has 0 aliphatic carbocycles. The Morgan fingerprint density at radius 2 is 1.07 bits per heavy atom. The van der Waals surface area contributed by atoms with Crippen LogP contribution in [0.25, 0.3) is 0 Å². The van der Waals surface area contributed by atoms with Gasteiger partial charge in [-0.1, -0.05) is 36.4 Å². The number of benzene rings is 4. The quantitative estimate of drug-likeness (QED) is 0.161. The summed E-state index contributed by atoms with van der Waals surface area (Å²) in [7, 11) is -7.79. The lowest BCUT2D eigenvalue weighted by molar-refractivity contribution is 0.103.